The molecule has 0 saturated carbocycles. The third-order valence-corrected chi connectivity index (χ3v) is 4.19. The normalized spacial score (nSPS) is 22.3. The lowest BCUT2D eigenvalue weighted by molar-refractivity contribution is 0.0657. The van der Waals surface area contributed by atoms with E-state index in [-0.39, 0.29) is 5.91 Å². The van der Waals surface area contributed by atoms with Gasteiger partial charge >= 0.3 is 0 Å². The van der Waals surface area contributed by atoms with Gasteiger partial charge in [-0.2, -0.15) is 0 Å². The fourth-order valence-corrected chi connectivity index (χ4v) is 2.75. The maximum Gasteiger partial charge on any atom is 0.287 e. The van der Waals surface area contributed by atoms with Crippen molar-refractivity contribution >= 4 is 5.91 Å². The minimum atomic E-state index is -0.167. The second-order valence-electron chi connectivity index (χ2n) is 5.80. The molecule has 0 radical (unpaired) electrons. The summed E-state index contributed by atoms with van der Waals surface area (Å²) >= 11 is 0. The highest BCUT2D eigenvalue weighted by Gasteiger charge is 2.21. The number of hydrogen-bond donors (Lipinski definition) is 2. The molecule has 0 aromatic carbocycles. The Morgan fingerprint density at radius 2 is 2.00 bits per heavy atom. The van der Waals surface area contributed by atoms with Crippen molar-refractivity contribution in [1.82, 2.24) is 35.6 Å². The number of carbonyl (C=O) groups is 1. The fourth-order valence-electron chi connectivity index (χ4n) is 2.75. The van der Waals surface area contributed by atoms with Crippen molar-refractivity contribution < 1.29 is 4.79 Å². The first-order valence-electron chi connectivity index (χ1n) is 7.59. The van der Waals surface area contributed by atoms with E-state index >= 15 is 0 Å². The van der Waals surface area contributed by atoms with Gasteiger partial charge in [0.05, 0.1) is 12.2 Å². The average molecular weight is 293 g/mol. The van der Waals surface area contributed by atoms with Crippen LogP contribution in [0.3, 0.4) is 0 Å². The maximum absolute atomic E-state index is 12.2. The molecule has 0 bridgehead atoms. The van der Waals surface area contributed by atoms with E-state index in [1.54, 1.807) is 6.20 Å². The number of aromatic nitrogens is 3. The van der Waals surface area contributed by atoms with Gasteiger partial charge in [0, 0.05) is 26.2 Å². The van der Waals surface area contributed by atoms with Crippen LogP contribution in [0.25, 0.3) is 0 Å². The number of rotatable bonds is 3. The molecule has 1 aromatic rings. The summed E-state index contributed by atoms with van der Waals surface area (Å²) in [6, 6.07) is 0.351. The molecule has 21 heavy (non-hydrogen) atoms. The van der Waals surface area contributed by atoms with Crippen LogP contribution in [0, 0.1) is 0 Å². The molecule has 1 amide bonds. The summed E-state index contributed by atoms with van der Waals surface area (Å²) in [4.78, 5) is 14.4. The molecule has 0 spiro atoms. The van der Waals surface area contributed by atoms with Crippen LogP contribution in [-0.4, -0.2) is 77.1 Å². The van der Waals surface area contributed by atoms with E-state index in [1.807, 2.05) is 9.69 Å². The lowest BCUT2D eigenvalue weighted by Crippen LogP contribution is -2.52. The molecule has 2 aliphatic heterocycles. The summed E-state index contributed by atoms with van der Waals surface area (Å²) in [5.41, 5.74) is 3.31. The molecule has 0 atom stereocenters. The third kappa shape index (κ3) is 3.58. The molecule has 3 rings (SSSR count). The predicted octanol–water partition coefficient (Wildman–Crippen LogP) is -0.905. The van der Waals surface area contributed by atoms with Crippen LogP contribution in [0.15, 0.2) is 6.20 Å². The molecule has 8 nitrogen and oxygen atoms in total. The highest BCUT2D eigenvalue weighted by Crippen LogP contribution is 2.17. The summed E-state index contributed by atoms with van der Waals surface area (Å²) < 4.78 is 1.83. The maximum atomic E-state index is 12.2. The number of hydrazine groups is 1. The number of nitrogens with zero attached hydrogens (tertiary/aromatic N) is 5. The van der Waals surface area contributed by atoms with Crippen molar-refractivity contribution in [2.45, 2.75) is 18.9 Å². The van der Waals surface area contributed by atoms with E-state index < -0.39 is 0 Å². The number of hydrogen-bond acceptors (Lipinski definition) is 6. The number of amides is 1. The number of piperidine rings is 1. The van der Waals surface area contributed by atoms with Crippen molar-refractivity contribution in [2.24, 2.45) is 0 Å². The smallest absolute Gasteiger partial charge is 0.287 e. The number of likely N-dealkylation sites (N-methyl/N-ethyl adjacent to an activating group) is 1. The molecule has 2 aliphatic rings. The van der Waals surface area contributed by atoms with Crippen LogP contribution < -0.4 is 10.7 Å². The van der Waals surface area contributed by atoms with Gasteiger partial charge in [0.15, 0.2) is 5.69 Å². The number of nitrogens with one attached hydrogen (secondary N) is 2. The Labute approximate surface area is 124 Å². The molecule has 2 saturated heterocycles. The van der Waals surface area contributed by atoms with Crippen molar-refractivity contribution in [3.63, 3.8) is 0 Å². The zero-order valence-corrected chi connectivity index (χ0v) is 12.5. The minimum absolute atomic E-state index is 0.167. The van der Waals surface area contributed by atoms with E-state index in [2.05, 4.69) is 33.0 Å². The van der Waals surface area contributed by atoms with Crippen LogP contribution in [-0.2, 0) is 0 Å². The Morgan fingerprint density at radius 1 is 1.29 bits per heavy atom. The van der Waals surface area contributed by atoms with Gasteiger partial charge in [0.1, 0.15) is 0 Å². The summed E-state index contributed by atoms with van der Waals surface area (Å²) in [5, 5.41) is 13.4. The molecular weight excluding hydrogens is 270 g/mol. The zero-order chi connectivity index (χ0) is 14.7. The van der Waals surface area contributed by atoms with Crippen molar-refractivity contribution in [3.05, 3.63) is 11.9 Å². The van der Waals surface area contributed by atoms with Crippen LogP contribution in [0.1, 0.15) is 29.4 Å². The van der Waals surface area contributed by atoms with E-state index in [1.165, 1.54) is 0 Å². The Kier molecular flexibility index (Phi) is 4.47. The first-order valence-corrected chi connectivity index (χ1v) is 7.59. The van der Waals surface area contributed by atoms with Crippen LogP contribution in [0.5, 0.6) is 0 Å². The summed E-state index contributed by atoms with van der Waals surface area (Å²) in [5.74, 6) is -0.167. The van der Waals surface area contributed by atoms with Gasteiger partial charge in [0.2, 0.25) is 0 Å². The van der Waals surface area contributed by atoms with Gasteiger partial charge in [-0.05, 0) is 33.0 Å². The van der Waals surface area contributed by atoms with Gasteiger partial charge in [-0.15, -0.1) is 5.10 Å². The predicted molar refractivity (Wildman–Crippen MR) is 77.7 cm³/mol. The van der Waals surface area contributed by atoms with Crippen molar-refractivity contribution in [3.8, 4) is 0 Å². The highest BCUT2D eigenvalue weighted by molar-refractivity contribution is 5.91. The van der Waals surface area contributed by atoms with Gasteiger partial charge in [-0.25, -0.2) is 9.69 Å². The lowest BCUT2D eigenvalue weighted by atomic mass is 10.1. The topological polar surface area (TPSA) is 78.3 Å². The fraction of sp³-hybridized carbons (Fsp3) is 0.769. The second kappa shape index (κ2) is 6.50. The number of carbonyl (C=O) groups excluding carboxylic acids is 1. The van der Waals surface area contributed by atoms with Gasteiger partial charge in [0.25, 0.3) is 5.91 Å². The molecule has 1 aromatic heterocycles. The lowest BCUT2D eigenvalue weighted by Gasteiger charge is -2.32. The van der Waals surface area contributed by atoms with Crippen molar-refractivity contribution in [2.75, 3.05) is 46.3 Å². The van der Waals surface area contributed by atoms with E-state index in [4.69, 9.17) is 0 Å². The Hall–Kier alpha value is -1.51. The van der Waals surface area contributed by atoms with Crippen LogP contribution >= 0.6 is 0 Å². The molecule has 116 valence electrons. The van der Waals surface area contributed by atoms with E-state index in [0.29, 0.717) is 11.7 Å². The average Bonchev–Trinajstić information content (AvgIpc) is 3.00. The van der Waals surface area contributed by atoms with Crippen molar-refractivity contribution in [1.29, 1.82) is 0 Å². The van der Waals surface area contributed by atoms with E-state index in [9.17, 15) is 4.79 Å². The van der Waals surface area contributed by atoms with Crippen LogP contribution in [0.2, 0.25) is 0 Å². The Morgan fingerprint density at radius 3 is 2.71 bits per heavy atom. The Bertz CT molecular complexity index is 475. The highest BCUT2D eigenvalue weighted by atomic mass is 16.2. The summed E-state index contributed by atoms with van der Waals surface area (Å²) in [7, 11) is 2.09. The van der Waals surface area contributed by atoms with Gasteiger partial charge < -0.3 is 10.2 Å². The molecule has 8 heteroatoms. The summed E-state index contributed by atoms with van der Waals surface area (Å²) in [6.45, 7) is 5.58. The standard InChI is InChI=1S/C13H23N7O/c1-18-6-8-19(9-7-18)16-13(21)12-10-20(17-15-12)11-2-4-14-5-3-11/h10-11,14H,2-9H2,1H3,(H,16,21). The first kappa shape index (κ1) is 14.4. The quantitative estimate of drug-likeness (QED) is 0.752. The molecule has 2 N–H and O–H groups in total. The third-order valence-electron chi connectivity index (χ3n) is 4.19. The molecular formula is C13H23N7O. The number of piperazine rings is 1. The van der Waals surface area contributed by atoms with Crippen LogP contribution in [0.4, 0.5) is 0 Å². The molecule has 0 unspecified atom stereocenters. The zero-order valence-electron chi connectivity index (χ0n) is 12.5. The molecule has 2 fully saturated rings. The second-order valence-corrected chi connectivity index (χ2v) is 5.80. The molecule has 3 heterocycles. The summed E-state index contributed by atoms with van der Waals surface area (Å²) in [6.07, 6.45) is 3.83. The minimum Gasteiger partial charge on any atom is -0.317 e. The Balaban J connectivity index is 1.56. The SMILES string of the molecule is CN1CCN(NC(=O)c2cn(C3CCNCC3)nn2)CC1. The first-order chi connectivity index (χ1) is 10.2. The van der Waals surface area contributed by atoms with Gasteiger partial charge in [-0.3, -0.25) is 10.2 Å². The molecule has 0 aliphatic carbocycles. The monoisotopic (exact) mass is 293 g/mol. The van der Waals surface area contributed by atoms with E-state index in [0.717, 1.165) is 52.1 Å². The van der Waals surface area contributed by atoms with Gasteiger partial charge in [-0.1, -0.05) is 5.21 Å². The largest absolute Gasteiger partial charge is 0.317 e.